The molecule has 0 spiro atoms. The van der Waals surface area contributed by atoms with Crippen molar-refractivity contribution in [3.63, 3.8) is 0 Å². The van der Waals surface area contributed by atoms with Gasteiger partial charge in [-0.1, -0.05) is 5.21 Å². The number of ether oxygens (including phenoxy) is 2. The highest BCUT2D eigenvalue weighted by Crippen LogP contribution is 2.64. The molecule has 1 aliphatic carbocycles. The number of thiophene rings is 1. The molecule has 3 aromatic rings. The van der Waals surface area contributed by atoms with Gasteiger partial charge in [0.1, 0.15) is 17.3 Å². The van der Waals surface area contributed by atoms with Gasteiger partial charge in [0, 0.05) is 28.5 Å². The van der Waals surface area contributed by atoms with Gasteiger partial charge in [0.25, 0.3) is 0 Å². The molecule has 2 saturated heterocycles. The zero-order valence-electron chi connectivity index (χ0n) is 16.8. The van der Waals surface area contributed by atoms with Crippen LogP contribution >= 0.6 is 11.3 Å². The summed E-state index contributed by atoms with van der Waals surface area (Å²) in [5.74, 6) is 0.0421. The lowest BCUT2D eigenvalue weighted by molar-refractivity contribution is 0.129. The van der Waals surface area contributed by atoms with E-state index < -0.39 is 23.4 Å². The number of hydrogen-bond donors (Lipinski definition) is 0. The summed E-state index contributed by atoms with van der Waals surface area (Å²) in [4.78, 5) is 14.7. The number of fused-ring (bicyclic) bond motifs is 1. The Kier molecular flexibility index (Phi) is 4.31. The van der Waals surface area contributed by atoms with Gasteiger partial charge >= 0.3 is 6.09 Å². The highest BCUT2D eigenvalue weighted by atomic mass is 32.1. The average Bonchev–Trinajstić information content (AvgIpc) is 3.45. The maximum atomic E-state index is 15.1. The summed E-state index contributed by atoms with van der Waals surface area (Å²) < 4.78 is 27.5. The van der Waals surface area contributed by atoms with Crippen LogP contribution in [0.25, 0.3) is 11.1 Å². The Morgan fingerprint density at radius 2 is 2.16 bits per heavy atom. The monoisotopic (exact) mass is 451 g/mol. The quantitative estimate of drug-likeness (QED) is 0.591. The number of anilines is 1. The summed E-state index contributed by atoms with van der Waals surface area (Å²) in [7, 11) is 0. The van der Waals surface area contributed by atoms with Gasteiger partial charge in [-0.25, -0.2) is 13.9 Å². The van der Waals surface area contributed by atoms with E-state index in [2.05, 4.69) is 16.4 Å². The number of nitriles is 1. The summed E-state index contributed by atoms with van der Waals surface area (Å²) in [6.45, 7) is 1.90. The highest BCUT2D eigenvalue weighted by molar-refractivity contribution is 7.10. The Morgan fingerprint density at radius 1 is 1.31 bits per heavy atom. The number of halogens is 1. The molecular formula is C22H18FN5O3S. The molecule has 4 heterocycles. The lowest BCUT2D eigenvalue weighted by atomic mass is 9.98. The van der Waals surface area contributed by atoms with Crippen molar-refractivity contribution in [1.29, 1.82) is 5.26 Å². The van der Waals surface area contributed by atoms with Crippen molar-refractivity contribution in [1.82, 2.24) is 15.0 Å². The minimum Gasteiger partial charge on any atom is -0.442 e. The van der Waals surface area contributed by atoms with Gasteiger partial charge in [0.15, 0.2) is 0 Å². The second-order valence-electron chi connectivity index (χ2n) is 8.34. The molecule has 162 valence electrons. The second kappa shape index (κ2) is 7.12. The molecule has 0 N–H and O–H groups in total. The van der Waals surface area contributed by atoms with Crippen molar-refractivity contribution >= 4 is 23.1 Å². The van der Waals surface area contributed by atoms with Crippen molar-refractivity contribution in [2.24, 2.45) is 11.8 Å². The van der Waals surface area contributed by atoms with Crippen molar-refractivity contribution < 1.29 is 18.7 Å². The fourth-order valence-corrected chi connectivity index (χ4v) is 6.10. The van der Waals surface area contributed by atoms with E-state index in [1.54, 1.807) is 29.2 Å². The van der Waals surface area contributed by atoms with E-state index in [0.29, 0.717) is 37.6 Å². The third-order valence-electron chi connectivity index (χ3n) is 6.65. The Bertz CT molecular complexity index is 1230. The van der Waals surface area contributed by atoms with Crippen LogP contribution in [0.5, 0.6) is 0 Å². The van der Waals surface area contributed by atoms with Crippen molar-refractivity contribution in [3.05, 3.63) is 52.7 Å². The van der Waals surface area contributed by atoms with Crippen LogP contribution in [-0.4, -0.2) is 46.9 Å². The van der Waals surface area contributed by atoms with Crippen LogP contribution < -0.4 is 4.90 Å². The first-order chi connectivity index (χ1) is 15.6. The summed E-state index contributed by atoms with van der Waals surface area (Å²) in [6, 6.07) is 9.15. The van der Waals surface area contributed by atoms with Crippen LogP contribution in [0.1, 0.15) is 4.88 Å². The molecule has 3 aliphatic rings. The first-order valence-corrected chi connectivity index (χ1v) is 11.2. The molecule has 32 heavy (non-hydrogen) atoms. The molecule has 6 rings (SSSR count). The smallest absolute Gasteiger partial charge is 0.414 e. The molecule has 1 amide bonds. The topological polar surface area (TPSA) is 93.3 Å². The summed E-state index contributed by atoms with van der Waals surface area (Å²) in [5, 5.41) is 19.3. The van der Waals surface area contributed by atoms with Crippen molar-refractivity contribution in [3.8, 4) is 17.2 Å². The SMILES string of the molecule is N#CC1(c2cc(-c3ccc(N4C[C@H](Cn5ccnn5)OC4=O)cc3F)cs2)C2COCC21. The van der Waals surface area contributed by atoms with E-state index in [4.69, 9.17) is 9.47 Å². The van der Waals surface area contributed by atoms with Crippen molar-refractivity contribution in [2.75, 3.05) is 24.7 Å². The molecule has 3 fully saturated rings. The van der Waals surface area contributed by atoms with Crippen LogP contribution in [-0.2, 0) is 21.4 Å². The number of carbonyl (C=O) groups excluding carboxylic acids is 1. The average molecular weight is 451 g/mol. The number of hydrogen-bond acceptors (Lipinski definition) is 7. The number of benzene rings is 1. The molecule has 8 nitrogen and oxygen atoms in total. The first-order valence-electron chi connectivity index (χ1n) is 10.3. The Balaban J connectivity index is 1.21. The van der Waals surface area contributed by atoms with Gasteiger partial charge in [-0.2, -0.15) is 5.26 Å². The number of aromatic nitrogens is 3. The van der Waals surface area contributed by atoms with Gasteiger partial charge < -0.3 is 9.47 Å². The van der Waals surface area contributed by atoms with E-state index in [1.165, 1.54) is 22.3 Å². The lowest BCUT2D eigenvalue weighted by Gasteiger charge is -2.14. The maximum absolute atomic E-state index is 15.1. The van der Waals surface area contributed by atoms with Gasteiger partial charge in [0.2, 0.25) is 0 Å². The van der Waals surface area contributed by atoms with Gasteiger partial charge in [0.05, 0.1) is 44.3 Å². The zero-order valence-corrected chi connectivity index (χ0v) is 17.7. The molecule has 1 saturated carbocycles. The summed E-state index contributed by atoms with van der Waals surface area (Å²) in [5.41, 5.74) is 1.13. The predicted octanol–water partition coefficient (Wildman–Crippen LogP) is 3.21. The number of amides is 1. The Labute approximate surface area is 186 Å². The fourth-order valence-electron chi connectivity index (χ4n) is 4.91. The van der Waals surface area contributed by atoms with E-state index in [9.17, 15) is 10.1 Å². The molecule has 2 unspecified atom stereocenters. The van der Waals surface area contributed by atoms with Crippen LogP contribution in [0.4, 0.5) is 14.9 Å². The number of cyclic esters (lactones) is 1. The number of nitrogens with zero attached hydrogens (tertiary/aromatic N) is 5. The molecule has 2 aromatic heterocycles. The third-order valence-corrected chi connectivity index (χ3v) is 7.73. The lowest BCUT2D eigenvalue weighted by Crippen LogP contribution is -2.26. The Morgan fingerprint density at radius 3 is 2.88 bits per heavy atom. The number of carbonyl (C=O) groups is 1. The normalized spacial score (nSPS) is 28.4. The van der Waals surface area contributed by atoms with E-state index in [0.717, 1.165) is 10.4 Å². The molecular weight excluding hydrogens is 433 g/mol. The highest BCUT2D eigenvalue weighted by Gasteiger charge is 2.69. The molecule has 3 atom stereocenters. The summed E-state index contributed by atoms with van der Waals surface area (Å²) >= 11 is 1.49. The Hall–Kier alpha value is -3.29. The zero-order chi connectivity index (χ0) is 21.9. The third kappa shape index (κ3) is 2.85. The van der Waals surface area contributed by atoms with E-state index in [1.807, 2.05) is 11.4 Å². The van der Waals surface area contributed by atoms with Gasteiger partial charge in [-0.15, -0.1) is 16.4 Å². The largest absolute Gasteiger partial charge is 0.442 e. The maximum Gasteiger partial charge on any atom is 0.414 e. The molecule has 2 aliphatic heterocycles. The van der Waals surface area contributed by atoms with E-state index >= 15 is 4.39 Å². The molecule has 0 radical (unpaired) electrons. The van der Waals surface area contributed by atoms with Crippen molar-refractivity contribution in [2.45, 2.75) is 18.1 Å². The van der Waals surface area contributed by atoms with Crippen LogP contribution in [0.15, 0.2) is 42.0 Å². The van der Waals surface area contributed by atoms with Crippen LogP contribution in [0.2, 0.25) is 0 Å². The first kappa shape index (κ1) is 19.4. The van der Waals surface area contributed by atoms with Gasteiger partial charge in [-0.05, 0) is 35.2 Å². The predicted molar refractivity (Wildman–Crippen MR) is 112 cm³/mol. The molecule has 10 heteroatoms. The molecule has 1 aromatic carbocycles. The van der Waals surface area contributed by atoms with Crippen LogP contribution in [0, 0.1) is 29.0 Å². The fraction of sp³-hybridized carbons (Fsp3) is 0.364. The molecule has 0 bridgehead atoms. The van der Waals surface area contributed by atoms with E-state index in [-0.39, 0.29) is 11.8 Å². The second-order valence-corrected chi connectivity index (χ2v) is 9.25. The standard InChI is InChI=1S/C22H18FN5O3S/c23-19-6-14(28-8-15(31-21(28)29)7-27-4-3-25-26-27)1-2-16(19)13-5-20(32-11-13)22(12-24)17-9-30-10-18(17)22/h1-6,11,15,17-18H,7-10H2/t15-,17?,18?,22?/m0/s1. The number of rotatable bonds is 5. The van der Waals surface area contributed by atoms with Gasteiger partial charge in [-0.3, -0.25) is 4.90 Å². The van der Waals surface area contributed by atoms with Crippen LogP contribution in [0.3, 0.4) is 0 Å². The minimum atomic E-state index is -0.515. The summed E-state index contributed by atoms with van der Waals surface area (Å²) in [6.07, 6.45) is 2.34. The minimum absolute atomic E-state index is 0.234.